The molecule has 1 atom stereocenters. The van der Waals surface area contributed by atoms with Gasteiger partial charge in [0.25, 0.3) is 0 Å². The molecule has 1 saturated carbocycles. The fraction of sp³-hybridized carbons (Fsp3) is 0.800. The van der Waals surface area contributed by atoms with E-state index in [2.05, 4.69) is 37.4 Å². The highest BCUT2D eigenvalue weighted by atomic mass is 16.3. The predicted molar refractivity (Wildman–Crippen MR) is 77.1 cm³/mol. The highest BCUT2D eigenvalue weighted by Crippen LogP contribution is 2.28. The minimum atomic E-state index is -0.499. The Morgan fingerprint density at radius 1 is 1.32 bits per heavy atom. The third kappa shape index (κ3) is 3.80. The zero-order valence-corrected chi connectivity index (χ0v) is 12.4. The van der Waals surface area contributed by atoms with Gasteiger partial charge in [0, 0.05) is 30.4 Å². The smallest absolute Gasteiger partial charge is 0.0771 e. The summed E-state index contributed by atoms with van der Waals surface area (Å²) in [6.07, 6.45) is 9.43. The Labute approximate surface area is 116 Å². The lowest BCUT2D eigenvalue weighted by Gasteiger charge is -2.33. The van der Waals surface area contributed by atoms with E-state index in [0.717, 1.165) is 25.7 Å². The second-order valence-corrected chi connectivity index (χ2v) is 6.24. The monoisotopic (exact) mass is 265 g/mol. The van der Waals surface area contributed by atoms with Gasteiger partial charge >= 0.3 is 0 Å². The van der Waals surface area contributed by atoms with Crippen LogP contribution in [0.4, 0.5) is 0 Å². The van der Waals surface area contributed by atoms with E-state index in [1.165, 1.54) is 12.0 Å². The summed E-state index contributed by atoms with van der Waals surface area (Å²) in [5.74, 6) is 0. The molecule has 0 spiro atoms. The molecular formula is C15H27N3O. The van der Waals surface area contributed by atoms with Gasteiger partial charge in [-0.2, -0.15) is 5.10 Å². The average molecular weight is 265 g/mol. The third-order valence-electron chi connectivity index (χ3n) is 4.17. The summed E-state index contributed by atoms with van der Waals surface area (Å²) in [5.41, 5.74) is 0.689. The maximum absolute atomic E-state index is 10.5. The normalized spacial score (nSPS) is 20.7. The fourth-order valence-corrected chi connectivity index (χ4v) is 2.71. The Morgan fingerprint density at radius 2 is 2.00 bits per heavy atom. The molecule has 1 aromatic rings. The summed E-state index contributed by atoms with van der Waals surface area (Å²) in [7, 11) is 0. The molecule has 0 radical (unpaired) electrons. The van der Waals surface area contributed by atoms with Gasteiger partial charge in [-0.3, -0.25) is 4.68 Å². The van der Waals surface area contributed by atoms with Gasteiger partial charge in [0.1, 0.15) is 0 Å². The summed E-state index contributed by atoms with van der Waals surface area (Å²) in [5, 5.41) is 18.3. The Hall–Kier alpha value is -0.870. The number of aliphatic hydroxyl groups is 1. The van der Waals surface area contributed by atoms with Gasteiger partial charge in [0.05, 0.1) is 11.8 Å². The van der Waals surface area contributed by atoms with Crippen LogP contribution in [0.15, 0.2) is 12.4 Å². The zero-order valence-electron chi connectivity index (χ0n) is 12.4. The van der Waals surface area contributed by atoms with E-state index in [0.29, 0.717) is 12.6 Å². The first-order valence-electron chi connectivity index (χ1n) is 7.50. The lowest BCUT2D eigenvalue weighted by Crippen LogP contribution is -2.42. The van der Waals surface area contributed by atoms with Gasteiger partial charge < -0.3 is 10.4 Å². The highest BCUT2D eigenvalue weighted by molar-refractivity contribution is 5.10. The minimum absolute atomic E-state index is 0.235. The molecule has 1 aliphatic rings. The minimum Gasteiger partial charge on any atom is -0.389 e. The van der Waals surface area contributed by atoms with Gasteiger partial charge in [-0.15, -0.1) is 0 Å². The van der Waals surface area contributed by atoms with Crippen LogP contribution < -0.4 is 5.32 Å². The Balaban J connectivity index is 1.87. The molecule has 1 fully saturated rings. The van der Waals surface area contributed by atoms with Crippen molar-refractivity contribution in [3.05, 3.63) is 18.0 Å². The van der Waals surface area contributed by atoms with E-state index in [9.17, 15) is 5.11 Å². The van der Waals surface area contributed by atoms with Crippen LogP contribution in [0.5, 0.6) is 0 Å². The van der Waals surface area contributed by atoms with Crippen LogP contribution in [-0.2, 0) is 0 Å². The maximum atomic E-state index is 10.5. The van der Waals surface area contributed by atoms with Crippen LogP contribution in [0, 0.1) is 0 Å². The van der Waals surface area contributed by atoms with Gasteiger partial charge in [-0.25, -0.2) is 0 Å². The number of nitrogens with zero attached hydrogens (tertiary/aromatic N) is 2. The van der Waals surface area contributed by atoms with Gasteiger partial charge in [0.15, 0.2) is 0 Å². The molecule has 19 heavy (non-hydrogen) atoms. The molecule has 0 amide bonds. The van der Waals surface area contributed by atoms with Crippen molar-refractivity contribution in [2.45, 2.75) is 70.6 Å². The molecule has 1 aliphatic carbocycles. The lowest BCUT2D eigenvalue weighted by molar-refractivity contribution is 0.00300. The molecule has 0 bridgehead atoms. The van der Waals surface area contributed by atoms with E-state index < -0.39 is 5.60 Å². The predicted octanol–water partition coefficient (Wildman–Crippen LogP) is 2.81. The average Bonchev–Trinajstić information content (AvgIpc) is 2.87. The van der Waals surface area contributed by atoms with Crippen molar-refractivity contribution in [1.82, 2.24) is 15.1 Å². The quantitative estimate of drug-likeness (QED) is 0.860. The van der Waals surface area contributed by atoms with Crippen molar-refractivity contribution in [2.75, 3.05) is 6.54 Å². The number of rotatable bonds is 5. The summed E-state index contributed by atoms with van der Waals surface area (Å²) in [6, 6.07) is 0.627. The van der Waals surface area contributed by atoms with Gasteiger partial charge in [-0.05, 0) is 33.6 Å². The molecule has 0 aliphatic heterocycles. The van der Waals surface area contributed by atoms with Crippen molar-refractivity contribution >= 4 is 0 Å². The Kier molecular flexibility index (Phi) is 4.63. The first-order chi connectivity index (χ1) is 9.00. The standard InChI is InChI=1S/C15H27N3O/c1-12(2)18-10-14(9-17-18)13(3)16-11-15(19)7-5-4-6-8-15/h9-10,12-13,16,19H,4-8,11H2,1-3H3. The van der Waals surface area contributed by atoms with Crippen molar-refractivity contribution in [2.24, 2.45) is 0 Å². The Morgan fingerprint density at radius 3 is 2.58 bits per heavy atom. The first-order valence-corrected chi connectivity index (χ1v) is 7.50. The third-order valence-corrected chi connectivity index (χ3v) is 4.17. The van der Waals surface area contributed by atoms with Crippen molar-refractivity contribution < 1.29 is 5.11 Å². The van der Waals surface area contributed by atoms with E-state index in [1.807, 2.05) is 10.9 Å². The summed E-state index contributed by atoms with van der Waals surface area (Å²) < 4.78 is 1.98. The zero-order chi connectivity index (χ0) is 13.9. The molecule has 0 saturated heterocycles. The van der Waals surface area contributed by atoms with Crippen LogP contribution in [-0.4, -0.2) is 27.0 Å². The van der Waals surface area contributed by atoms with Crippen LogP contribution in [0.2, 0.25) is 0 Å². The van der Waals surface area contributed by atoms with Gasteiger partial charge in [-0.1, -0.05) is 19.3 Å². The van der Waals surface area contributed by atoms with E-state index in [1.54, 1.807) is 0 Å². The molecule has 4 heteroatoms. The number of nitrogens with one attached hydrogen (secondary N) is 1. The van der Waals surface area contributed by atoms with E-state index in [4.69, 9.17) is 0 Å². The summed E-state index contributed by atoms with van der Waals surface area (Å²) in [4.78, 5) is 0. The van der Waals surface area contributed by atoms with Crippen molar-refractivity contribution in [3.8, 4) is 0 Å². The van der Waals surface area contributed by atoms with Crippen LogP contribution >= 0.6 is 0 Å². The molecule has 1 unspecified atom stereocenters. The van der Waals surface area contributed by atoms with E-state index in [-0.39, 0.29) is 6.04 Å². The van der Waals surface area contributed by atoms with Crippen LogP contribution in [0.1, 0.15) is 70.5 Å². The SMILES string of the molecule is CC(NCC1(O)CCCCC1)c1cnn(C(C)C)c1. The number of aromatic nitrogens is 2. The molecule has 108 valence electrons. The highest BCUT2D eigenvalue weighted by Gasteiger charge is 2.29. The molecule has 0 aromatic carbocycles. The first kappa shape index (κ1) is 14.5. The number of hydrogen-bond donors (Lipinski definition) is 2. The summed E-state index contributed by atoms with van der Waals surface area (Å²) >= 11 is 0. The second kappa shape index (κ2) is 6.06. The molecule has 1 heterocycles. The molecule has 2 N–H and O–H groups in total. The molecular weight excluding hydrogens is 238 g/mol. The van der Waals surface area contributed by atoms with Crippen molar-refractivity contribution in [3.63, 3.8) is 0 Å². The van der Waals surface area contributed by atoms with Crippen molar-refractivity contribution in [1.29, 1.82) is 0 Å². The topological polar surface area (TPSA) is 50.1 Å². The van der Waals surface area contributed by atoms with Crippen LogP contribution in [0.25, 0.3) is 0 Å². The molecule has 2 rings (SSSR count). The molecule has 4 nitrogen and oxygen atoms in total. The van der Waals surface area contributed by atoms with Crippen LogP contribution in [0.3, 0.4) is 0 Å². The van der Waals surface area contributed by atoms with Gasteiger partial charge in [0.2, 0.25) is 0 Å². The number of hydrogen-bond acceptors (Lipinski definition) is 3. The summed E-state index contributed by atoms with van der Waals surface area (Å²) in [6.45, 7) is 7.06. The molecule has 1 aromatic heterocycles. The lowest BCUT2D eigenvalue weighted by atomic mass is 9.84. The maximum Gasteiger partial charge on any atom is 0.0771 e. The van der Waals surface area contributed by atoms with E-state index >= 15 is 0 Å². The largest absolute Gasteiger partial charge is 0.389 e. The second-order valence-electron chi connectivity index (χ2n) is 6.24. The fourth-order valence-electron chi connectivity index (χ4n) is 2.71. The Bertz CT molecular complexity index is 394.